The van der Waals surface area contributed by atoms with Crippen molar-refractivity contribution in [2.45, 2.75) is 25.8 Å². The van der Waals surface area contributed by atoms with Crippen molar-refractivity contribution >= 4 is 11.5 Å². The molecule has 18 heavy (non-hydrogen) atoms. The monoisotopic (exact) mass is 269 g/mol. The molecule has 1 aromatic heterocycles. The number of benzene rings is 1. The van der Waals surface area contributed by atoms with Crippen LogP contribution in [0.1, 0.15) is 29.1 Å². The average Bonchev–Trinajstić information content (AvgIpc) is 2.82. The average molecular weight is 269 g/mol. The van der Waals surface area contributed by atoms with Gasteiger partial charge in [-0.25, -0.2) is 8.78 Å². The van der Waals surface area contributed by atoms with Crippen LogP contribution in [0.15, 0.2) is 18.2 Å². The third kappa shape index (κ3) is 2.70. The van der Waals surface area contributed by atoms with Gasteiger partial charge >= 0.3 is 0 Å². The first kappa shape index (κ1) is 13.0. The summed E-state index contributed by atoms with van der Waals surface area (Å²) in [7, 11) is 0. The van der Waals surface area contributed by atoms with Gasteiger partial charge in [0.25, 0.3) is 0 Å². The van der Waals surface area contributed by atoms with E-state index in [4.69, 9.17) is 5.73 Å². The molecular weight excluding hydrogens is 256 g/mol. The third-order valence-corrected chi connectivity index (χ3v) is 3.59. The molecule has 96 valence electrons. The molecule has 0 saturated heterocycles. The van der Waals surface area contributed by atoms with Gasteiger partial charge in [-0.2, -0.15) is 0 Å². The lowest BCUT2D eigenvalue weighted by molar-refractivity contribution is 0.506. The van der Waals surface area contributed by atoms with Crippen LogP contribution in [-0.2, 0) is 12.8 Å². The Balaban J connectivity index is 2.16. The minimum Gasteiger partial charge on any atom is -0.323 e. The molecule has 2 N–H and O–H groups in total. The Morgan fingerprint density at radius 2 is 2.11 bits per heavy atom. The number of nitrogens with zero attached hydrogens (tertiary/aromatic N) is 2. The second-order valence-corrected chi connectivity index (χ2v) is 4.78. The van der Waals surface area contributed by atoms with Crippen molar-refractivity contribution in [3.8, 4) is 0 Å². The molecule has 0 radical (unpaired) electrons. The van der Waals surface area contributed by atoms with Crippen molar-refractivity contribution in [1.82, 2.24) is 9.59 Å². The summed E-state index contributed by atoms with van der Waals surface area (Å²) in [5, 5.41) is 3.98. The van der Waals surface area contributed by atoms with E-state index < -0.39 is 11.6 Å². The van der Waals surface area contributed by atoms with Crippen LogP contribution in [0.5, 0.6) is 0 Å². The predicted molar refractivity (Wildman–Crippen MR) is 66.3 cm³/mol. The zero-order valence-electron chi connectivity index (χ0n) is 9.86. The van der Waals surface area contributed by atoms with Gasteiger partial charge in [0.2, 0.25) is 0 Å². The quantitative estimate of drug-likeness (QED) is 0.928. The summed E-state index contributed by atoms with van der Waals surface area (Å²) >= 11 is 1.25. The summed E-state index contributed by atoms with van der Waals surface area (Å²) in [6.45, 7) is 1.98. The molecule has 0 saturated carbocycles. The third-order valence-electron chi connectivity index (χ3n) is 2.70. The van der Waals surface area contributed by atoms with Crippen LogP contribution >= 0.6 is 11.5 Å². The van der Waals surface area contributed by atoms with Crippen LogP contribution in [0, 0.1) is 11.6 Å². The van der Waals surface area contributed by atoms with E-state index in [1.807, 2.05) is 6.92 Å². The Morgan fingerprint density at radius 3 is 2.78 bits per heavy atom. The van der Waals surface area contributed by atoms with Gasteiger partial charge < -0.3 is 5.73 Å². The Hall–Kier alpha value is -1.40. The van der Waals surface area contributed by atoms with E-state index in [0.29, 0.717) is 12.0 Å². The summed E-state index contributed by atoms with van der Waals surface area (Å²) in [4.78, 5) is 0.905. The van der Waals surface area contributed by atoms with Crippen LogP contribution in [0.3, 0.4) is 0 Å². The first-order valence-electron chi connectivity index (χ1n) is 5.62. The van der Waals surface area contributed by atoms with E-state index in [0.717, 1.165) is 23.1 Å². The van der Waals surface area contributed by atoms with Crippen LogP contribution in [-0.4, -0.2) is 9.59 Å². The van der Waals surface area contributed by atoms with E-state index in [1.165, 1.54) is 17.6 Å². The standard InChI is InChI=1S/C12H13F2N3S/c1-2-11-12(18-17-16-11)10(15)6-7-3-4-8(13)9(14)5-7/h3-5,10H,2,6,15H2,1H3. The molecule has 3 nitrogen and oxygen atoms in total. The zero-order valence-corrected chi connectivity index (χ0v) is 10.7. The molecule has 0 fully saturated rings. The van der Waals surface area contributed by atoms with E-state index in [-0.39, 0.29) is 6.04 Å². The Bertz CT molecular complexity index is 542. The second kappa shape index (κ2) is 5.49. The highest BCUT2D eigenvalue weighted by Gasteiger charge is 2.15. The summed E-state index contributed by atoms with van der Waals surface area (Å²) in [5.74, 6) is -1.70. The molecule has 1 unspecified atom stereocenters. The van der Waals surface area contributed by atoms with E-state index >= 15 is 0 Å². The number of halogens is 2. The maximum Gasteiger partial charge on any atom is 0.159 e. The SMILES string of the molecule is CCc1nnsc1C(N)Cc1ccc(F)c(F)c1. The smallest absolute Gasteiger partial charge is 0.159 e. The molecular formula is C12H13F2N3S. The first-order chi connectivity index (χ1) is 8.61. The van der Waals surface area contributed by atoms with Crippen LogP contribution < -0.4 is 5.73 Å². The van der Waals surface area contributed by atoms with E-state index in [2.05, 4.69) is 9.59 Å². The van der Waals surface area contributed by atoms with Gasteiger partial charge in [-0.3, -0.25) is 0 Å². The lowest BCUT2D eigenvalue weighted by atomic mass is 10.0. The number of aromatic nitrogens is 2. The van der Waals surface area contributed by atoms with Crippen LogP contribution in [0.25, 0.3) is 0 Å². The lowest BCUT2D eigenvalue weighted by Gasteiger charge is -2.10. The van der Waals surface area contributed by atoms with Crippen molar-refractivity contribution in [3.63, 3.8) is 0 Å². The predicted octanol–water partition coefficient (Wildman–Crippen LogP) is 2.62. The molecule has 2 rings (SSSR count). The Morgan fingerprint density at radius 1 is 1.33 bits per heavy atom. The maximum atomic E-state index is 13.1. The Kier molecular flexibility index (Phi) is 3.98. The maximum absolute atomic E-state index is 13.1. The highest BCUT2D eigenvalue weighted by Crippen LogP contribution is 2.23. The van der Waals surface area contributed by atoms with Gasteiger partial charge in [0.05, 0.1) is 10.6 Å². The fraction of sp³-hybridized carbons (Fsp3) is 0.333. The molecule has 6 heteroatoms. The Labute approximate surface area is 108 Å². The van der Waals surface area contributed by atoms with Crippen molar-refractivity contribution < 1.29 is 8.78 Å². The van der Waals surface area contributed by atoms with Gasteiger partial charge in [-0.15, -0.1) is 5.10 Å². The van der Waals surface area contributed by atoms with Gasteiger partial charge in [-0.1, -0.05) is 17.5 Å². The first-order valence-corrected chi connectivity index (χ1v) is 6.39. The normalized spacial score (nSPS) is 12.7. The lowest BCUT2D eigenvalue weighted by Crippen LogP contribution is -2.14. The fourth-order valence-electron chi connectivity index (χ4n) is 1.76. The molecule has 1 aromatic carbocycles. The summed E-state index contributed by atoms with van der Waals surface area (Å²) in [6.07, 6.45) is 1.20. The van der Waals surface area contributed by atoms with Crippen molar-refractivity contribution in [3.05, 3.63) is 46.0 Å². The molecule has 0 spiro atoms. The largest absolute Gasteiger partial charge is 0.323 e. The number of aryl methyl sites for hydroxylation is 1. The number of nitrogens with two attached hydrogens (primary N) is 1. The summed E-state index contributed by atoms with van der Waals surface area (Å²) < 4.78 is 29.7. The molecule has 2 aromatic rings. The number of rotatable bonds is 4. The minimum absolute atomic E-state index is 0.287. The molecule has 1 atom stereocenters. The molecule has 0 aliphatic carbocycles. The molecule has 1 heterocycles. The zero-order chi connectivity index (χ0) is 13.1. The van der Waals surface area contributed by atoms with Crippen molar-refractivity contribution in [2.75, 3.05) is 0 Å². The van der Waals surface area contributed by atoms with Crippen LogP contribution in [0.2, 0.25) is 0 Å². The van der Waals surface area contributed by atoms with E-state index in [1.54, 1.807) is 6.07 Å². The van der Waals surface area contributed by atoms with Gasteiger partial charge in [0, 0.05) is 6.04 Å². The second-order valence-electron chi connectivity index (χ2n) is 4.00. The molecule has 0 aliphatic heterocycles. The molecule has 0 aliphatic rings. The van der Waals surface area contributed by atoms with E-state index in [9.17, 15) is 8.78 Å². The van der Waals surface area contributed by atoms with Gasteiger partial charge in [-0.05, 0) is 42.1 Å². The molecule has 0 bridgehead atoms. The van der Waals surface area contributed by atoms with Crippen molar-refractivity contribution in [2.24, 2.45) is 5.73 Å². The van der Waals surface area contributed by atoms with Gasteiger partial charge in [0.1, 0.15) is 0 Å². The highest BCUT2D eigenvalue weighted by molar-refractivity contribution is 7.05. The van der Waals surface area contributed by atoms with Crippen LogP contribution in [0.4, 0.5) is 8.78 Å². The van der Waals surface area contributed by atoms with Crippen molar-refractivity contribution in [1.29, 1.82) is 0 Å². The summed E-state index contributed by atoms with van der Waals surface area (Å²) in [6, 6.07) is 3.54. The fourth-order valence-corrected chi connectivity index (χ4v) is 2.49. The number of hydrogen-bond acceptors (Lipinski definition) is 4. The topological polar surface area (TPSA) is 51.8 Å². The molecule has 0 amide bonds. The van der Waals surface area contributed by atoms with Gasteiger partial charge in [0.15, 0.2) is 11.6 Å². The highest BCUT2D eigenvalue weighted by atomic mass is 32.1. The minimum atomic E-state index is -0.849. The summed E-state index contributed by atoms with van der Waals surface area (Å²) in [5.41, 5.74) is 7.58. The number of hydrogen-bond donors (Lipinski definition) is 1.